The van der Waals surface area contributed by atoms with Crippen LogP contribution in [0.3, 0.4) is 0 Å². The molecule has 1 saturated heterocycles. The highest BCUT2D eigenvalue weighted by molar-refractivity contribution is 7.85. The predicted molar refractivity (Wildman–Crippen MR) is 54.3 cm³/mol. The Balaban J connectivity index is 2.49. The van der Waals surface area contributed by atoms with Crippen molar-refractivity contribution in [3.05, 3.63) is 0 Å². The van der Waals surface area contributed by atoms with Crippen LogP contribution in [0.15, 0.2) is 0 Å². The number of nitrogens with one attached hydrogen (secondary N) is 1. The van der Waals surface area contributed by atoms with E-state index in [0.717, 1.165) is 11.5 Å². The van der Waals surface area contributed by atoms with Crippen molar-refractivity contribution in [3.63, 3.8) is 0 Å². The van der Waals surface area contributed by atoms with Gasteiger partial charge in [-0.3, -0.25) is 4.55 Å². The normalized spacial score (nSPS) is 28.9. The smallest absolute Gasteiger partial charge is 0.264 e. The fourth-order valence-electron chi connectivity index (χ4n) is 1.48. The minimum Gasteiger partial charge on any atom is -0.379 e. The maximum absolute atomic E-state index is 10.5. The Hall–Kier alpha value is -0.200. The van der Waals surface area contributed by atoms with Crippen LogP contribution in [0, 0.1) is 11.8 Å². The van der Waals surface area contributed by atoms with Crippen LogP contribution in [0.25, 0.3) is 0 Å². The van der Waals surface area contributed by atoms with Gasteiger partial charge in [-0.15, -0.1) is 0 Å². The fourth-order valence-corrected chi connectivity index (χ4v) is 2.47. The first-order chi connectivity index (χ1) is 5.90. The summed E-state index contributed by atoms with van der Waals surface area (Å²) in [4.78, 5) is 0.719. The van der Waals surface area contributed by atoms with Crippen LogP contribution in [0.1, 0.15) is 13.3 Å². The van der Waals surface area contributed by atoms with E-state index in [1.165, 1.54) is 0 Å². The van der Waals surface area contributed by atoms with Crippen LogP contribution in [-0.4, -0.2) is 30.3 Å². The third-order valence-corrected chi connectivity index (χ3v) is 3.51. The van der Waals surface area contributed by atoms with Gasteiger partial charge >= 0.3 is 0 Å². The SMILES string of the molecule is CC1CNC(=S)C1CCS(=O)(=O)O. The van der Waals surface area contributed by atoms with Crippen LogP contribution in [0.2, 0.25) is 0 Å². The molecule has 0 bridgehead atoms. The van der Waals surface area contributed by atoms with Gasteiger partial charge in [0.25, 0.3) is 10.1 Å². The van der Waals surface area contributed by atoms with Gasteiger partial charge in [-0.25, -0.2) is 0 Å². The van der Waals surface area contributed by atoms with Crippen molar-refractivity contribution < 1.29 is 13.0 Å². The molecule has 0 spiro atoms. The highest BCUT2D eigenvalue weighted by Crippen LogP contribution is 2.22. The van der Waals surface area contributed by atoms with Gasteiger partial charge in [0.05, 0.1) is 10.7 Å². The molecule has 13 heavy (non-hydrogen) atoms. The van der Waals surface area contributed by atoms with Crippen LogP contribution in [-0.2, 0) is 10.1 Å². The third-order valence-electron chi connectivity index (χ3n) is 2.31. The summed E-state index contributed by atoms with van der Waals surface area (Å²) in [5, 5.41) is 3.01. The summed E-state index contributed by atoms with van der Waals surface area (Å²) >= 11 is 5.02. The first-order valence-corrected chi connectivity index (χ1v) is 6.15. The van der Waals surface area contributed by atoms with E-state index in [2.05, 4.69) is 5.32 Å². The van der Waals surface area contributed by atoms with Gasteiger partial charge in [0.2, 0.25) is 0 Å². The van der Waals surface area contributed by atoms with Crippen LogP contribution in [0.4, 0.5) is 0 Å². The number of rotatable bonds is 3. The average Bonchev–Trinajstić information content (AvgIpc) is 2.27. The van der Waals surface area contributed by atoms with E-state index < -0.39 is 10.1 Å². The van der Waals surface area contributed by atoms with Crippen LogP contribution < -0.4 is 5.32 Å². The average molecular weight is 223 g/mol. The number of thiocarbonyl (C=S) groups is 1. The van der Waals surface area contributed by atoms with E-state index in [4.69, 9.17) is 16.8 Å². The quantitative estimate of drug-likeness (QED) is 0.537. The summed E-state index contributed by atoms with van der Waals surface area (Å²) in [5.74, 6) is 0.246. The van der Waals surface area contributed by atoms with Crippen molar-refractivity contribution in [1.29, 1.82) is 0 Å². The lowest BCUT2D eigenvalue weighted by Crippen LogP contribution is -2.20. The zero-order chi connectivity index (χ0) is 10.1. The molecule has 0 aromatic rings. The van der Waals surface area contributed by atoms with Crippen molar-refractivity contribution >= 4 is 27.3 Å². The molecule has 2 unspecified atom stereocenters. The van der Waals surface area contributed by atoms with Crippen LogP contribution >= 0.6 is 12.2 Å². The molecule has 0 aliphatic carbocycles. The van der Waals surface area contributed by atoms with Gasteiger partial charge < -0.3 is 5.32 Å². The van der Waals surface area contributed by atoms with Crippen molar-refractivity contribution in [2.75, 3.05) is 12.3 Å². The van der Waals surface area contributed by atoms with Crippen molar-refractivity contribution in [2.24, 2.45) is 11.8 Å². The Bertz CT molecular complexity index is 299. The van der Waals surface area contributed by atoms with E-state index in [0.29, 0.717) is 12.3 Å². The predicted octanol–water partition coefficient (Wildman–Crippen LogP) is 0.447. The monoisotopic (exact) mass is 223 g/mol. The number of hydrogen-bond donors (Lipinski definition) is 2. The van der Waals surface area contributed by atoms with Gasteiger partial charge in [-0.2, -0.15) is 8.42 Å². The minimum atomic E-state index is -3.85. The zero-order valence-corrected chi connectivity index (χ0v) is 8.99. The highest BCUT2D eigenvalue weighted by Gasteiger charge is 2.28. The Morgan fingerprint density at radius 2 is 2.31 bits per heavy atom. The Kier molecular flexibility index (Phi) is 3.26. The van der Waals surface area contributed by atoms with E-state index in [9.17, 15) is 8.42 Å². The maximum Gasteiger partial charge on any atom is 0.264 e. The molecule has 0 amide bonds. The molecule has 1 aliphatic rings. The second kappa shape index (κ2) is 3.89. The van der Waals surface area contributed by atoms with Crippen LogP contribution in [0.5, 0.6) is 0 Å². The largest absolute Gasteiger partial charge is 0.379 e. The lowest BCUT2D eigenvalue weighted by Gasteiger charge is -2.11. The molecule has 0 radical (unpaired) electrons. The molecule has 2 atom stereocenters. The molecule has 1 rings (SSSR count). The third kappa shape index (κ3) is 3.21. The molecule has 1 heterocycles. The first kappa shape index (κ1) is 10.9. The van der Waals surface area contributed by atoms with Gasteiger partial charge in [-0.05, 0) is 12.3 Å². The second-order valence-electron chi connectivity index (χ2n) is 3.40. The van der Waals surface area contributed by atoms with Gasteiger partial charge in [0.15, 0.2) is 0 Å². The standard InChI is InChI=1S/C7H13NO3S2/c1-5-4-8-7(12)6(5)2-3-13(9,10)11/h5-6H,2-4H2,1H3,(H,8,12)(H,9,10,11). The van der Waals surface area contributed by atoms with Gasteiger partial charge in [-0.1, -0.05) is 19.1 Å². The summed E-state index contributed by atoms with van der Waals surface area (Å²) < 4.78 is 29.5. The van der Waals surface area contributed by atoms with Gasteiger partial charge in [0.1, 0.15) is 0 Å². The molecule has 1 fully saturated rings. The lowest BCUT2D eigenvalue weighted by molar-refractivity contribution is 0.458. The van der Waals surface area contributed by atoms with Crippen molar-refractivity contribution in [2.45, 2.75) is 13.3 Å². The number of hydrogen-bond acceptors (Lipinski definition) is 3. The Morgan fingerprint density at radius 3 is 2.69 bits per heavy atom. The molecular formula is C7H13NO3S2. The molecule has 0 saturated carbocycles. The van der Waals surface area contributed by atoms with Crippen molar-refractivity contribution in [1.82, 2.24) is 5.32 Å². The van der Waals surface area contributed by atoms with Gasteiger partial charge in [0, 0.05) is 12.5 Å². The second-order valence-corrected chi connectivity index (χ2v) is 5.42. The maximum atomic E-state index is 10.5. The summed E-state index contributed by atoms with van der Waals surface area (Å²) in [6.07, 6.45) is 0.409. The summed E-state index contributed by atoms with van der Waals surface area (Å²) in [7, 11) is -3.85. The molecule has 1 aliphatic heterocycles. The molecule has 6 heteroatoms. The van der Waals surface area contributed by atoms with E-state index >= 15 is 0 Å². The topological polar surface area (TPSA) is 66.4 Å². The van der Waals surface area contributed by atoms with E-state index in [1.54, 1.807) is 0 Å². The molecule has 4 nitrogen and oxygen atoms in total. The van der Waals surface area contributed by atoms with E-state index in [1.807, 2.05) is 6.92 Å². The van der Waals surface area contributed by atoms with Crippen molar-refractivity contribution in [3.8, 4) is 0 Å². The highest BCUT2D eigenvalue weighted by atomic mass is 32.2. The molecule has 76 valence electrons. The first-order valence-electron chi connectivity index (χ1n) is 4.13. The zero-order valence-electron chi connectivity index (χ0n) is 7.36. The fraction of sp³-hybridized carbons (Fsp3) is 0.857. The Morgan fingerprint density at radius 1 is 1.69 bits per heavy atom. The molecule has 0 aromatic carbocycles. The summed E-state index contributed by atoms with van der Waals surface area (Å²) in [5.41, 5.74) is 0. The Labute approximate surface area is 83.5 Å². The summed E-state index contributed by atoms with van der Waals surface area (Å²) in [6.45, 7) is 2.82. The molecule has 0 aromatic heterocycles. The summed E-state index contributed by atoms with van der Waals surface area (Å²) in [6, 6.07) is 0. The molecule has 2 N–H and O–H groups in total. The minimum absolute atomic E-state index is 0.0944. The lowest BCUT2D eigenvalue weighted by atomic mass is 9.96. The molecular weight excluding hydrogens is 210 g/mol. The van der Waals surface area contributed by atoms with E-state index in [-0.39, 0.29) is 11.7 Å².